The van der Waals surface area contributed by atoms with Crippen LogP contribution in [0.1, 0.15) is 31.7 Å². The third-order valence-corrected chi connectivity index (χ3v) is 4.70. The average molecular weight is 393 g/mol. The first-order valence-electron chi connectivity index (χ1n) is 9.92. The first-order valence-corrected chi connectivity index (χ1v) is 9.92. The summed E-state index contributed by atoms with van der Waals surface area (Å²) >= 11 is 0. The smallest absolute Gasteiger partial charge is 0.232 e. The van der Waals surface area contributed by atoms with Crippen molar-refractivity contribution in [2.75, 3.05) is 22.5 Å². The van der Waals surface area contributed by atoms with Crippen molar-refractivity contribution in [1.29, 1.82) is 0 Å². The van der Waals surface area contributed by atoms with Crippen molar-refractivity contribution in [3.05, 3.63) is 66.0 Å². The Hall–Kier alpha value is -3.19. The molecule has 2 aromatic carbocycles. The minimum atomic E-state index is -0.441. The number of benzene rings is 2. The first-order chi connectivity index (χ1) is 14.1. The van der Waals surface area contributed by atoms with Crippen LogP contribution < -0.4 is 16.0 Å². The number of aliphatic hydroxyl groups is 1. The van der Waals surface area contributed by atoms with E-state index in [9.17, 15) is 5.11 Å². The molecule has 0 aliphatic heterocycles. The van der Waals surface area contributed by atoms with E-state index in [1.54, 1.807) is 0 Å². The number of nitrogens with zero attached hydrogens (tertiary/aromatic N) is 4. The molecule has 29 heavy (non-hydrogen) atoms. The number of aryl methyl sites for hydroxylation is 1. The molecule has 1 aromatic heterocycles. The molecule has 7 heteroatoms. The highest BCUT2D eigenvalue weighted by molar-refractivity contribution is 5.59. The van der Waals surface area contributed by atoms with Gasteiger partial charge in [-0.15, -0.1) is 0 Å². The molecule has 0 saturated carbocycles. The van der Waals surface area contributed by atoms with Gasteiger partial charge in [0, 0.05) is 17.9 Å². The van der Waals surface area contributed by atoms with E-state index < -0.39 is 6.10 Å². The van der Waals surface area contributed by atoms with Gasteiger partial charge >= 0.3 is 0 Å². The zero-order valence-electron chi connectivity index (χ0n) is 16.9. The van der Waals surface area contributed by atoms with Crippen LogP contribution in [0.2, 0.25) is 0 Å². The Morgan fingerprint density at radius 2 is 1.72 bits per heavy atom. The maximum atomic E-state index is 10.2. The number of aliphatic hydroxyl groups excluding tert-OH is 1. The van der Waals surface area contributed by atoms with Crippen molar-refractivity contribution in [2.24, 2.45) is 0 Å². The lowest BCUT2D eigenvalue weighted by Gasteiger charge is -2.26. The van der Waals surface area contributed by atoms with Crippen molar-refractivity contribution in [1.82, 2.24) is 15.0 Å². The molecular formula is C22H28N6O. The van der Waals surface area contributed by atoms with E-state index in [4.69, 9.17) is 5.73 Å². The Bertz CT molecular complexity index is 918. The lowest BCUT2D eigenvalue weighted by Crippen LogP contribution is -2.32. The van der Waals surface area contributed by atoms with Gasteiger partial charge in [0.05, 0.1) is 12.6 Å². The van der Waals surface area contributed by atoms with Crippen LogP contribution in [0, 0.1) is 0 Å². The molecule has 1 atom stereocenters. The maximum absolute atomic E-state index is 10.2. The standard InChI is InChI=1S/C22H28N6O/c1-3-16-10-8-9-13-19(16)24-22-26-20(25-21(23)27-22)15-28(14-18(29)4-2)17-11-6-5-7-12-17/h5-13,18,29H,3-4,14-15H2,1-2H3,(H3,23,24,25,26,27). The van der Waals surface area contributed by atoms with E-state index in [1.165, 1.54) is 5.56 Å². The number of nitrogen functional groups attached to an aromatic ring is 1. The molecule has 0 spiro atoms. The summed E-state index contributed by atoms with van der Waals surface area (Å²) in [5.41, 5.74) is 9.07. The number of nitrogens with one attached hydrogen (secondary N) is 1. The summed E-state index contributed by atoms with van der Waals surface area (Å²) in [4.78, 5) is 15.2. The second kappa shape index (κ2) is 9.84. The topological polar surface area (TPSA) is 100 Å². The molecule has 0 amide bonds. The second-order valence-corrected chi connectivity index (χ2v) is 6.85. The highest BCUT2D eigenvalue weighted by Crippen LogP contribution is 2.21. The lowest BCUT2D eigenvalue weighted by molar-refractivity contribution is 0.175. The van der Waals surface area contributed by atoms with Crippen LogP contribution in [0.25, 0.3) is 0 Å². The molecule has 0 saturated heterocycles. The zero-order chi connectivity index (χ0) is 20.6. The molecule has 0 bridgehead atoms. The number of para-hydroxylation sites is 2. The molecule has 4 N–H and O–H groups in total. The van der Waals surface area contributed by atoms with Crippen LogP contribution in [0.15, 0.2) is 54.6 Å². The lowest BCUT2D eigenvalue weighted by atomic mass is 10.1. The van der Waals surface area contributed by atoms with Crippen LogP contribution in [-0.4, -0.2) is 32.7 Å². The van der Waals surface area contributed by atoms with Gasteiger partial charge in [-0.2, -0.15) is 15.0 Å². The second-order valence-electron chi connectivity index (χ2n) is 6.85. The van der Waals surface area contributed by atoms with Gasteiger partial charge < -0.3 is 21.1 Å². The predicted octanol–water partition coefficient (Wildman–Crippen LogP) is 3.54. The van der Waals surface area contributed by atoms with Crippen molar-refractivity contribution in [3.8, 4) is 0 Å². The number of hydrogen-bond donors (Lipinski definition) is 3. The summed E-state index contributed by atoms with van der Waals surface area (Å²) in [5, 5.41) is 13.5. The minimum absolute atomic E-state index is 0.163. The molecule has 0 aliphatic carbocycles. The summed E-state index contributed by atoms with van der Waals surface area (Å²) in [6.07, 6.45) is 1.12. The average Bonchev–Trinajstić information content (AvgIpc) is 2.73. The van der Waals surface area contributed by atoms with Crippen molar-refractivity contribution >= 4 is 23.3 Å². The molecule has 0 fully saturated rings. The third-order valence-electron chi connectivity index (χ3n) is 4.70. The SMILES string of the molecule is CCc1ccccc1Nc1nc(N)nc(CN(CC(O)CC)c2ccccc2)n1. The number of hydrogen-bond acceptors (Lipinski definition) is 7. The highest BCUT2D eigenvalue weighted by atomic mass is 16.3. The van der Waals surface area contributed by atoms with Gasteiger partial charge in [-0.3, -0.25) is 0 Å². The third kappa shape index (κ3) is 5.65. The maximum Gasteiger partial charge on any atom is 0.232 e. The van der Waals surface area contributed by atoms with E-state index in [0.29, 0.717) is 31.3 Å². The molecule has 0 aliphatic rings. The van der Waals surface area contributed by atoms with Crippen molar-refractivity contribution < 1.29 is 5.11 Å². The number of anilines is 4. The van der Waals surface area contributed by atoms with Gasteiger partial charge in [0.15, 0.2) is 5.82 Å². The van der Waals surface area contributed by atoms with Gasteiger partial charge in [0.25, 0.3) is 0 Å². The summed E-state index contributed by atoms with van der Waals surface area (Å²) in [6.45, 7) is 4.96. The number of aromatic nitrogens is 3. The Kier molecular flexibility index (Phi) is 6.97. The van der Waals surface area contributed by atoms with Crippen molar-refractivity contribution in [2.45, 2.75) is 39.3 Å². The number of nitrogens with two attached hydrogens (primary N) is 1. The quantitative estimate of drug-likeness (QED) is 0.512. The molecular weight excluding hydrogens is 364 g/mol. The molecule has 3 rings (SSSR count). The van der Waals surface area contributed by atoms with E-state index >= 15 is 0 Å². The fraction of sp³-hybridized carbons (Fsp3) is 0.318. The normalized spacial score (nSPS) is 11.8. The van der Waals surface area contributed by atoms with E-state index in [1.807, 2.05) is 60.4 Å². The van der Waals surface area contributed by atoms with E-state index in [-0.39, 0.29) is 5.95 Å². The number of rotatable bonds is 9. The van der Waals surface area contributed by atoms with Gasteiger partial charge in [-0.25, -0.2) is 0 Å². The van der Waals surface area contributed by atoms with Crippen LogP contribution in [0.4, 0.5) is 23.3 Å². The summed E-state index contributed by atoms with van der Waals surface area (Å²) < 4.78 is 0. The Balaban J connectivity index is 1.85. The molecule has 0 radical (unpaired) electrons. The summed E-state index contributed by atoms with van der Waals surface area (Å²) in [5.74, 6) is 1.12. The molecule has 1 unspecified atom stereocenters. The van der Waals surface area contributed by atoms with Gasteiger partial charge in [0.2, 0.25) is 11.9 Å². The summed E-state index contributed by atoms with van der Waals surface area (Å²) in [6, 6.07) is 17.9. The Labute approximate surface area is 171 Å². The van der Waals surface area contributed by atoms with Crippen LogP contribution in [0.5, 0.6) is 0 Å². The Morgan fingerprint density at radius 1 is 1.00 bits per heavy atom. The van der Waals surface area contributed by atoms with E-state index in [0.717, 1.165) is 17.8 Å². The van der Waals surface area contributed by atoms with Crippen LogP contribution in [-0.2, 0) is 13.0 Å². The molecule has 3 aromatic rings. The fourth-order valence-electron chi connectivity index (χ4n) is 3.09. The minimum Gasteiger partial charge on any atom is -0.391 e. The molecule has 1 heterocycles. The van der Waals surface area contributed by atoms with E-state index in [2.05, 4.69) is 33.3 Å². The Morgan fingerprint density at radius 3 is 2.45 bits per heavy atom. The van der Waals surface area contributed by atoms with Gasteiger partial charge in [0.1, 0.15) is 0 Å². The zero-order valence-corrected chi connectivity index (χ0v) is 16.9. The largest absolute Gasteiger partial charge is 0.391 e. The fourth-order valence-corrected chi connectivity index (χ4v) is 3.09. The molecule has 7 nitrogen and oxygen atoms in total. The van der Waals surface area contributed by atoms with Crippen LogP contribution in [0.3, 0.4) is 0 Å². The molecule has 152 valence electrons. The predicted molar refractivity (Wildman–Crippen MR) is 117 cm³/mol. The van der Waals surface area contributed by atoms with Gasteiger partial charge in [-0.1, -0.05) is 50.2 Å². The van der Waals surface area contributed by atoms with Gasteiger partial charge in [-0.05, 0) is 36.6 Å². The first kappa shape index (κ1) is 20.5. The van der Waals surface area contributed by atoms with Crippen molar-refractivity contribution in [3.63, 3.8) is 0 Å². The summed E-state index contributed by atoms with van der Waals surface area (Å²) in [7, 11) is 0. The monoisotopic (exact) mass is 392 g/mol. The van der Waals surface area contributed by atoms with Crippen LogP contribution >= 0.6 is 0 Å². The highest BCUT2D eigenvalue weighted by Gasteiger charge is 2.15.